The molecule has 2 amide bonds. The molecule has 5 nitrogen and oxygen atoms in total. The van der Waals surface area contributed by atoms with Crippen LogP contribution in [0.15, 0.2) is 0 Å². The van der Waals surface area contributed by atoms with E-state index in [2.05, 4.69) is 5.32 Å². The van der Waals surface area contributed by atoms with Gasteiger partial charge in [0.25, 0.3) is 0 Å². The molecule has 118 valence electrons. The first kappa shape index (κ1) is 19.2. The lowest BCUT2D eigenvalue weighted by Crippen LogP contribution is -2.52. The van der Waals surface area contributed by atoms with E-state index in [0.29, 0.717) is 13.1 Å². The maximum atomic E-state index is 12.1. The predicted octanol–water partition coefficient (Wildman–Crippen LogP) is 1.15. The van der Waals surface area contributed by atoms with Crippen LogP contribution in [0.1, 0.15) is 40.5 Å². The molecule has 1 heterocycles. The number of likely N-dealkylation sites (tertiary alicyclic amines) is 1. The second kappa shape index (κ2) is 8.47. The SMILES string of the molecule is CC(C)C(=O)NC1CCN(C(=O)[C@@H](N)C(C)C)CC1.Cl. The van der Waals surface area contributed by atoms with Crippen molar-refractivity contribution in [3.63, 3.8) is 0 Å². The lowest BCUT2D eigenvalue weighted by atomic mass is 10.00. The quantitative estimate of drug-likeness (QED) is 0.818. The number of nitrogens with zero attached hydrogens (tertiary/aromatic N) is 1. The number of piperidine rings is 1. The molecule has 1 fully saturated rings. The summed E-state index contributed by atoms with van der Waals surface area (Å²) in [5.41, 5.74) is 5.89. The van der Waals surface area contributed by atoms with Gasteiger partial charge in [-0.3, -0.25) is 9.59 Å². The Kier molecular flexibility index (Phi) is 8.13. The van der Waals surface area contributed by atoms with Crippen LogP contribution in [0.25, 0.3) is 0 Å². The lowest BCUT2D eigenvalue weighted by Gasteiger charge is -2.34. The van der Waals surface area contributed by atoms with Crippen LogP contribution in [0.5, 0.6) is 0 Å². The van der Waals surface area contributed by atoms with E-state index in [1.807, 2.05) is 32.6 Å². The summed E-state index contributed by atoms with van der Waals surface area (Å²) in [6.45, 7) is 9.05. The maximum absolute atomic E-state index is 12.1. The smallest absolute Gasteiger partial charge is 0.239 e. The van der Waals surface area contributed by atoms with E-state index in [-0.39, 0.29) is 42.1 Å². The number of carbonyl (C=O) groups excluding carboxylic acids is 2. The summed E-state index contributed by atoms with van der Waals surface area (Å²) in [5, 5.41) is 3.02. The van der Waals surface area contributed by atoms with Crippen molar-refractivity contribution in [2.45, 2.75) is 52.6 Å². The van der Waals surface area contributed by atoms with Crippen molar-refractivity contribution in [3.05, 3.63) is 0 Å². The zero-order valence-corrected chi connectivity index (χ0v) is 13.7. The topological polar surface area (TPSA) is 75.4 Å². The molecule has 1 atom stereocenters. The highest BCUT2D eigenvalue weighted by Crippen LogP contribution is 2.13. The molecule has 0 bridgehead atoms. The maximum Gasteiger partial charge on any atom is 0.239 e. The lowest BCUT2D eigenvalue weighted by molar-refractivity contribution is -0.134. The van der Waals surface area contributed by atoms with Crippen LogP contribution in [-0.2, 0) is 9.59 Å². The first-order valence-corrected chi connectivity index (χ1v) is 7.17. The highest BCUT2D eigenvalue weighted by Gasteiger charge is 2.28. The summed E-state index contributed by atoms with van der Waals surface area (Å²) in [6, 6.07) is -0.226. The van der Waals surface area contributed by atoms with Gasteiger partial charge in [-0.15, -0.1) is 12.4 Å². The summed E-state index contributed by atoms with van der Waals surface area (Å²) in [5.74, 6) is 0.284. The van der Waals surface area contributed by atoms with Crippen molar-refractivity contribution >= 4 is 24.2 Å². The van der Waals surface area contributed by atoms with Crippen LogP contribution in [-0.4, -0.2) is 41.9 Å². The minimum atomic E-state index is -0.415. The third-order valence-corrected chi connectivity index (χ3v) is 3.68. The molecule has 0 aromatic heterocycles. The van der Waals surface area contributed by atoms with Crippen LogP contribution in [0.4, 0.5) is 0 Å². The second-order valence-electron chi connectivity index (χ2n) is 6.03. The summed E-state index contributed by atoms with van der Waals surface area (Å²) >= 11 is 0. The van der Waals surface area contributed by atoms with Crippen molar-refractivity contribution in [2.24, 2.45) is 17.6 Å². The minimum absolute atomic E-state index is 0. The molecule has 3 N–H and O–H groups in total. The number of nitrogens with two attached hydrogens (primary N) is 1. The molecule has 0 spiro atoms. The summed E-state index contributed by atoms with van der Waals surface area (Å²) in [6.07, 6.45) is 1.63. The Balaban J connectivity index is 0.00000361. The number of halogens is 1. The third-order valence-electron chi connectivity index (χ3n) is 3.68. The van der Waals surface area contributed by atoms with Crippen LogP contribution in [0, 0.1) is 11.8 Å². The zero-order valence-electron chi connectivity index (χ0n) is 12.9. The largest absolute Gasteiger partial charge is 0.353 e. The molecule has 0 radical (unpaired) electrons. The average molecular weight is 306 g/mol. The fraction of sp³-hybridized carbons (Fsp3) is 0.857. The highest BCUT2D eigenvalue weighted by atomic mass is 35.5. The molecule has 1 aliphatic rings. The Bertz CT molecular complexity index is 326. The third kappa shape index (κ3) is 5.29. The number of hydrogen-bond donors (Lipinski definition) is 2. The Labute approximate surface area is 128 Å². The van der Waals surface area contributed by atoms with E-state index in [0.717, 1.165) is 12.8 Å². The van der Waals surface area contributed by atoms with E-state index in [1.54, 1.807) is 0 Å². The predicted molar refractivity (Wildman–Crippen MR) is 82.6 cm³/mol. The van der Waals surface area contributed by atoms with Gasteiger partial charge in [0.2, 0.25) is 11.8 Å². The molecule has 0 aromatic rings. The molecule has 0 aromatic carbocycles. The standard InChI is InChI=1S/C14H27N3O2.ClH/c1-9(2)12(15)14(19)17-7-5-11(6-8-17)16-13(18)10(3)4;/h9-12H,5-8,15H2,1-4H3,(H,16,18);1H/t12-;/m0./s1. The van der Waals surface area contributed by atoms with Gasteiger partial charge in [-0.25, -0.2) is 0 Å². The van der Waals surface area contributed by atoms with E-state index >= 15 is 0 Å². The van der Waals surface area contributed by atoms with Crippen molar-refractivity contribution in [1.29, 1.82) is 0 Å². The van der Waals surface area contributed by atoms with Gasteiger partial charge in [0.15, 0.2) is 0 Å². The van der Waals surface area contributed by atoms with E-state index in [9.17, 15) is 9.59 Å². The van der Waals surface area contributed by atoms with Crippen LogP contribution < -0.4 is 11.1 Å². The van der Waals surface area contributed by atoms with Gasteiger partial charge in [-0.05, 0) is 18.8 Å². The first-order chi connectivity index (χ1) is 8.82. The van der Waals surface area contributed by atoms with Crippen LogP contribution >= 0.6 is 12.4 Å². The van der Waals surface area contributed by atoms with Gasteiger partial charge in [0, 0.05) is 25.0 Å². The number of rotatable bonds is 4. The first-order valence-electron chi connectivity index (χ1n) is 7.17. The fourth-order valence-electron chi connectivity index (χ4n) is 2.11. The molecule has 1 saturated heterocycles. The molecular formula is C14H28ClN3O2. The monoisotopic (exact) mass is 305 g/mol. The van der Waals surface area contributed by atoms with Gasteiger partial charge in [0.05, 0.1) is 6.04 Å². The normalized spacial score (nSPS) is 17.9. The number of amides is 2. The van der Waals surface area contributed by atoms with Gasteiger partial charge >= 0.3 is 0 Å². The Morgan fingerprint density at radius 1 is 1.15 bits per heavy atom. The van der Waals surface area contributed by atoms with Crippen LogP contribution in [0.3, 0.4) is 0 Å². The van der Waals surface area contributed by atoms with Crippen molar-refractivity contribution < 1.29 is 9.59 Å². The number of carbonyl (C=O) groups is 2. The van der Waals surface area contributed by atoms with Crippen molar-refractivity contribution in [1.82, 2.24) is 10.2 Å². The Hall–Kier alpha value is -0.810. The fourth-order valence-corrected chi connectivity index (χ4v) is 2.11. The highest BCUT2D eigenvalue weighted by molar-refractivity contribution is 5.85. The van der Waals surface area contributed by atoms with E-state index < -0.39 is 6.04 Å². The molecule has 0 saturated carbocycles. The van der Waals surface area contributed by atoms with Gasteiger partial charge in [-0.1, -0.05) is 27.7 Å². The molecule has 6 heteroatoms. The zero-order chi connectivity index (χ0) is 14.6. The minimum Gasteiger partial charge on any atom is -0.353 e. The molecular weight excluding hydrogens is 278 g/mol. The number of hydrogen-bond acceptors (Lipinski definition) is 3. The molecule has 1 rings (SSSR count). The van der Waals surface area contributed by atoms with Crippen LogP contribution in [0.2, 0.25) is 0 Å². The van der Waals surface area contributed by atoms with Crippen molar-refractivity contribution in [3.8, 4) is 0 Å². The Morgan fingerprint density at radius 3 is 2.05 bits per heavy atom. The molecule has 20 heavy (non-hydrogen) atoms. The van der Waals surface area contributed by atoms with Crippen molar-refractivity contribution in [2.75, 3.05) is 13.1 Å². The molecule has 1 aliphatic heterocycles. The van der Waals surface area contributed by atoms with Gasteiger partial charge < -0.3 is 16.0 Å². The Morgan fingerprint density at radius 2 is 1.65 bits per heavy atom. The van der Waals surface area contributed by atoms with E-state index in [4.69, 9.17) is 5.73 Å². The van der Waals surface area contributed by atoms with E-state index in [1.165, 1.54) is 0 Å². The van der Waals surface area contributed by atoms with Gasteiger partial charge in [0.1, 0.15) is 0 Å². The molecule has 0 aliphatic carbocycles. The summed E-state index contributed by atoms with van der Waals surface area (Å²) in [7, 11) is 0. The second-order valence-corrected chi connectivity index (χ2v) is 6.03. The summed E-state index contributed by atoms with van der Waals surface area (Å²) < 4.78 is 0. The average Bonchev–Trinajstić information content (AvgIpc) is 2.37. The number of nitrogens with one attached hydrogen (secondary N) is 1. The molecule has 0 unspecified atom stereocenters. The van der Waals surface area contributed by atoms with Gasteiger partial charge in [-0.2, -0.15) is 0 Å². The summed E-state index contributed by atoms with van der Waals surface area (Å²) in [4.78, 5) is 25.5.